The lowest BCUT2D eigenvalue weighted by Crippen LogP contribution is -2.52. The molecule has 7 rings (SSSR count). The minimum atomic E-state index is -1.01. The molecule has 3 unspecified atom stereocenters. The molecule has 0 spiro atoms. The number of piperidine rings is 1. The average molecular weight is 692 g/mol. The lowest BCUT2D eigenvalue weighted by Gasteiger charge is -2.45. The predicted molar refractivity (Wildman–Crippen MR) is 201 cm³/mol. The van der Waals surface area contributed by atoms with Gasteiger partial charge in [-0.05, 0) is 56.8 Å². The molecule has 0 aliphatic carbocycles. The number of amides is 1. The summed E-state index contributed by atoms with van der Waals surface area (Å²) in [5, 5.41) is 12.6. The smallest absolute Gasteiger partial charge is 0.407 e. The van der Waals surface area contributed by atoms with Crippen LogP contribution in [0, 0.1) is 5.92 Å². The molecule has 1 N–H and O–H groups in total. The van der Waals surface area contributed by atoms with E-state index >= 15 is 0 Å². The highest BCUT2D eigenvalue weighted by atomic mass is 16.5. The molecule has 0 radical (unpaired) electrons. The molecule has 7 nitrogen and oxygen atoms in total. The number of methoxy groups -OCH3 is 1. The van der Waals surface area contributed by atoms with Crippen molar-refractivity contribution in [1.29, 1.82) is 0 Å². The van der Waals surface area contributed by atoms with Gasteiger partial charge in [0.1, 0.15) is 5.60 Å². The Kier molecular flexibility index (Phi) is 10.4. The number of fused-ring (bicyclic) bond motifs is 1. The highest BCUT2D eigenvalue weighted by molar-refractivity contribution is 5.89. The van der Waals surface area contributed by atoms with Gasteiger partial charge in [0, 0.05) is 18.4 Å². The zero-order valence-electron chi connectivity index (χ0n) is 29.0. The first-order chi connectivity index (χ1) is 25.5. The molecular weight excluding hydrogens is 650 g/mol. The van der Waals surface area contributed by atoms with Crippen molar-refractivity contribution >= 4 is 22.8 Å². The Balaban J connectivity index is 1.29. The summed E-state index contributed by atoms with van der Waals surface area (Å²) in [6.07, 6.45) is -1.52. The molecule has 3 atom stereocenters. The number of carbonyl (C=O) groups excluding carboxylic acids is 1. The van der Waals surface area contributed by atoms with Gasteiger partial charge >= 0.3 is 12.1 Å². The fourth-order valence-corrected chi connectivity index (χ4v) is 7.55. The number of hydrogen-bond acceptors (Lipinski definition) is 5. The van der Waals surface area contributed by atoms with Crippen LogP contribution in [-0.4, -0.2) is 55.0 Å². The summed E-state index contributed by atoms with van der Waals surface area (Å²) in [5.74, 6) is -0.997. The molecule has 7 heteroatoms. The monoisotopic (exact) mass is 691 g/mol. The molecule has 1 fully saturated rings. The maximum Gasteiger partial charge on any atom is 0.407 e. The summed E-state index contributed by atoms with van der Waals surface area (Å²) in [4.78, 5) is 26.5. The van der Waals surface area contributed by atoms with E-state index in [2.05, 4.69) is 66.7 Å². The Morgan fingerprint density at radius 2 is 1.25 bits per heavy atom. The van der Waals surface area contributed by atoms with Crippen LogP contribution in [0.15, 0.2) is 158 Å². The molecule has 0 saturated carbocycles. The van der Waals surface area contributed by atoms with Gasteiger partial charge in [0.2, 0.25) is 0 Å². The third kappa shape index (κ3) is 7.19. The van der Waals surface area contributed by atoms with Crippen LogP contribution in [0.3, 0.4) is 0 Å². The number of esters is 1. The molecular formula is C45H41NO6. The Morgan fingerprint density at radius 1 is 0.692 bits per heavy atom. The number of ether oxygens (including phenoxy) is 3. The quantitative estimate of drug-likeness (QED) is 0.108. The predicted octanol–water partition coefficient (Wildman–Crippen LogP) is 8.91. The van der Waals surface area contributed by atoms with Crippen LogP contribution < -0.4 is 0 Å². The fraction of sp³-hybridized carbons (Fsp3) is 0.200. The number of nitrogens with zero attached hydrogens (tertiary/aromatic N) is 1. The zero-order chi connectivity index (χ0) is 35.9. The molecule has 1 heterocycles. The van der Waals surface area contributed by atoms with Crippen molar-refractivity contribution in [3.8, 4) is 0 Å². The van der Waals surface area contributed by atoms with E-state index in [1.807, 2.05) is 78.9 Å². The van der Waals surface area contributed by atoms with Crippen LogP contribution >= 0.6 is 0 Å². The van der Waals surface area contributed by atoms with Gasteiger partial charge in [-0.2, -0.15) is 0 Å². The molecule has 0 aromatic heterocycles. The number of carboxylic acid groups (broad SMARTS) is 1. The molecule has 1 aliphatic rings. The Morgan fingerprint density at radius 3 is 1.81 bits per heavy atom. The SMILES string of the molecule is COC(=O)c1ccc(C2C(COC(c3ccccc3)(c3ccccc3)c3ccccc3)CN(C(=O)O)CC2OCc2ccc3ccccc3c2)cc1. The van der Waals surface area contributed by atoms with E-state index in [1.165, 1.54) is 12.0 Å². The highest BCUT2D eigenvalue weighted by Gasteiger charge is 2.44. The van der Waals surface area contributed by atoms with Crippen molar-refractivity contribution in [3.63, 3.8) is 0 Å². The first-order valence-corrected chi connectivity index (χ1v) is 17.5. The standard InChI is InChI=1S/C45H41NO6/c1-50-43(47)35-25-23-34(24-26-35)42-37(28-46(44(48)49)29-41(42)51-30-32-21-22-33-13-11-12-14-36(33)27-32)31-52-45(38-15-5-2-6-16-38,39-17-7-3-8-18-39)40-19-9-4-10-20-40/h2-27,37,41-42H,28-31H2,1H3,(H,48,49). The van der Waals surface area contributed by atoms with E-state index < -0.39 is 23.8 Å². The van der Waals surface area contributed by atoms with Crippen LogP contribution in [-0.2, 0) is 26.4 Å². The van der Waals surface area contributed by atoms with Crippen molar-refractivity contribution in [2.75, 3.05) is 26.8 Å². The van der Waals surface area contributed by atoms with E-state index in [0.717, 1.165) is 38.6 Å². The molecule has 1 saturated heterocycles. The molecule has 1 aliphatic heterocycles. The van der Waals surface area contributed by atoms with Crippen molar-refractivity contribution in [1.82, 2.24) is 4.90 Å². The molecule has 52 heavy (non-hydrogen) atoms. The number of rotatable bonds is 11. The molecule has 262 valence electrons. The summed E-state index contributed by atoms with van der Waals surface area (Å²) < 4.78 is 19.0. The van der Waals surface area contributed by atoms with Crippen LogP contribution in [0.5, 0.6) is 0 Å². The summed E-state index contributed by atoms with van der Waals surface area (Å²) >= 11 is 0. The summed E-state index contributed by atoms with van der Waals surface area (Å²) in [6, 6.07) is 52.2. The molecule has 1 amide bonds. The minimum absolute atomic E-state index is 0.185. The van der Waals surface area contributed by atoms with Gasteiger partial charge in [-0.1, -0.05) is 140 Å². The maximum absolute atomic E-state index is 12.7. The number of carbonyl (C=O) groups is 2. The Hall–Kier alpha value is -5.76. The Bertz CT molecular complexity index is 2010. The van der Waals surface area contributed by atoms with Gasteiger partial charge in [0.15, 0.2) is 0 Å². The number of likely N-dealkylation sites (tertiary alicyclic amines) is 1. The van der Waals surface area contributed by atoms with E-state index in [4.69, 9.17) is 14.2 Å². The number of hydrogen-bond donors (Lipinski definition) is 1. The third-order valence-corrected chi connectivity index (χ3v) is 10.1. The van der Waals surface area contributed by atoms with E-state index in [9.17, 15) is 14.7 Å². The normalized spacial score (nSPS) is 17.5. The molecule has 0 bridgehead atoms. The van der Waals surface area contributed by atoms with Gasteiger partial charge in [0.25, 0.3) is 0 Å². The van der Waals surface area contributed by atoms with Crippen LogP contribution in [0.1, 0.15) is 44.1 Å². The molecule has 6 aromatic carbocycles. The Labute approximate surface area is 304 Å². The summed E-state index contributed by atoms with van der Waals surface area (Å²) in [5.41, 5.74) is 4.25. The van der Waals surface area contributed by atoms with E-state index in [0.29, 0.717) is 12.2 Å². The van der Waals surface area contributed by atoms with Gasteiger partial charge < -0.3 is 24.2 Å². The topological polar surface area (TPSA) is 85.3 Å². The van der Waals surface area contributed by atoms with E-state index in [-0.39, 0.29) is 31.5 Å². The van der Waals surface area contributed by atoms with Crippen molar-refractivity contribution < 1.29 is 28.9 Å². The van der Waals surface area contributed by atoms with Gasteiger partial charge in [0.05, 0.1) is 38.5 Å². The van der Waals surface area contributed by atoms with Crippen molar-refractivity contribution in [2.45, 2.75) is 24.2 Å². The molecule has 6 aromatic rings. The summed E-state index contributed by atoms with van der Waals surface area (Å²) in [6.45, 7) is 0.935. The fourth-order valence-electron chi connectivity index (χ4n) is 7.55. The second-order valence-electron chi connectivity index (χ2n) is 13.2. The van der Waals surface area contributed by atoms with Crippen LogP contribution in [0.4, 0.5) is 4.79 Å². The minimum Gasteiger partial charge on any atom is -0.465 e. The third-order valence-electron chi connectivity index (χ3n) is 10.1. The van der Waals surface area contributed by atoms with Gasteiger partial charge in [-0.15, -0.1) is 0 Å². The number of benzene rings is 6. The van der Waals surface area contributed by atoms with Crippen LogP contribution in [0.2, 0.25) is 0 Å². The second-order valence-corrected chi connectivity index (χ2v) is 13.2. The largest absolute Gasteiger partial charge is 0.465 e. The van der Waals surface area contributed by atoms with Gasteiger partial charge in [-0.25, -0.2) is 9.59 Å². The highest BCUT2D eigenvalue weighted by Crippen LogP contribution is 2.43. The first-order valence-electron chi connectivity index (χ1n) is 17.5. The average Bonchev–Trinajstić information content (AvgIpc) is 3.21. The zero-order valence-corrected chi connectivity index (χ0v) is 29.0. The lowest BCUT2D eigenvalue weighted by atomic mass is 9.77. The van der Waals surface area contributed by atoms with E-state index in [1.54, 1.807) is 12.1 Å². The van der Waals surface area contributed by atoms with Crippen molar-refractivity contribution in [3.05, 3.63) is 191 Å². The summed E-state index contributed by atoms with van der Waals surface area (Å²) in [7, 11) is 1.36. The maximum atomic E-state index is 12.7. The van der Waals surface area contributed by atoms with Crippen LogP contribution in [0.25, 0.3) is 10.8 Å². The lowest BCUT2D eigenvalue weighted by molar-refractivity contribution is -0.0755. The first kappa shape index (κ1) is 34.7. The van der Waals surface area contributed by atoms with Crippen molar-refractivity contribution in [2.24, 2.45) is 5.92 Å². The second kappa shape index (κ2) is 15.6. The van der Waals surface area contributed by atoms with Gasteiger partial charge in [-0.3, -0.25) is 0 Å².